The fourth-order valence-electron chi connectivity index (χ4n) is 6.62. The first kappa shape index (κ1) is 26.0. The number of nitrogens with zero attached hydrogens (tertiary/aromatic N) is 2. The van der Waals surface area contributed by atoms with Crippen molar-refractivity contribution in [3.63, 3.8) is 0 Å². The summed E-state index contributed by atoms with van der Waals surface area (Å²) in [5.41, 5.74) is 15.0. The van der Waals surface area contributed by atoms with E-state index >= 15 is 0 Å². The number of carbonyl (C=O) groups is 1. The number of nitrogens with two attached hydrogens (primary N) is 1. The van der Waals surface area contributed by atoms with Crippen LogP contribution >= 0.6 is 0 Å². The lowest BCUT2D eigenvalue weighted by Crippen LogP contribution is -2.21. The Labute approximate surface area is 232 Å². The summed E-state index contributed by atoms with van der Waals surface area (Å²) in [6.07, 6.45) is 8.40. The molecule has 40 heavy (non-hydrogen) atoms. The van der Waals surface area contributed by atoms with Crippen molar-refractivity contribution in [2.45, 2.75) is 52.1 Å². The Bertz CT molecular complexity index is 1780. The van der Waals surface area contributed by atoms with Gasteiger partial charge in [0.25, 0.3) is 11.5 Å². The zero-order valence-electron chi connectivity index (χ0n) is 22.7. The van der Waals surface area contributed by atoms with Gasteiger partial charge in [0, 0.05) is 42.7 Å². The quantitative estimate of drug-likeness (QED) is 0.275. The van der Waals surface area contributed by atoms with E-state index in [9.17, 15) is 4.79 Å². The number of aromatic nitrogens is 3. The van der Waals surface area contributed by atoms with E-state index in [-0.39, 0.29) is 5.56 Å². The fraction of sp³-hybridized carbons (Fsp3) is 0.303. The molecule has 0 radical (unpaired) electrons. The van der Waals surface area contributed by atoms with Crippen LogP contribution in [0.25, 0.3) is 33.2 Å². The number of hydrogen-bond acceptors (Lipinski definition) is 4. The largest absolute Gasteiger partial charge is 0.481 e. The van der Waals surface area contributed by atoms with Gasteiger partial charge >= 0.3 is 0 Å². The predicted molar refractivity (Wildman–Crippen MR) is 158 cm³/mol. The fourth-order valence-corrected chi connectivity index (χ4v) is 6.62. The average molecular weight is 535 g/mol. The minimum absolute atomic E-state index is 0.134. The van der Waals surface area contributed by atoms with Crippen LogP contribution in [0.15, 0.2) is 71.7 Å². The summed E-state index contributed by atoms with van der Waals surface area (Å²) in [5, 5.41) is 8.46. The smallest absolute Gasteiger partial charge is 0.300 e. The molecule has 0 saturated heterocycles. The number of rotatable bonds is 4. The van der Waals surface area contributed by atoms with Gasteiger partial charge in [-0.3, -0.25) is 9.59 Å². The highest BCUT2D eigenvalue weighted by atomic mass is 16.4. The van der Waals surface area contributed by atoms with Crippen LogP contribution in [0, 0.1) is 11.8 Å². The summed E-state index contributed by atoms with van der Waals surface area (Å²) >= 11 is 0. The molecular weight excluding hydrogens is 500 g/mol. The van der Waals surface area contributed by atoms with Crippen molar-refractivity contribution < 1.29 is 9.90 Å². The van der Waals surface area contributed by atoms with Gasteiger partial charge in [0.2, 0.25) is 0 Å². The van der Waals surface area contributed by atoms with Crippen molar-refractivity contribution in [3.8, 4) is 11.3 Å². The normalized spacial score (nSPS) is 17.8. The molecule has 0 aliphatic heterocycles. The highest BCUT2D eigenvalue weighted by molar-refractivity contribution is 5.96. The summed E-state index contributed by atoms with van der Waals surface area (Å²) < 4.78 is 2.21. The van der Waals surface area contributed by atoms with E-state index < -0.39 is 5.97 Å². The summed E-state index contributed by atoms with van der Waals surface area (Å²) in [6, 6.07) is 21.0. The molecule has 0 spiro atoms. The van der Waals surface area contributed by atoms with Gasteiger partial charge in [-0.1, -0.05) is 48.9 Å². The summed E-state index contributed by atoms with van der Waals surface area (Å²) in [5.74, 6) is 0.790. The minimum Gasteiger partial charge on any atom is -0.481 e. The molecular formula is C33H34N4O3. The van der Waals surface area contributed by atoms with Crippen LogP contribution in [0.5, 0.6) is 0 Å². The zero-order chi connectivity index (χ0) is 27.8. The third-order valence-corrected chi connectivity index (χ3v) is 8.42. The Morgan fingerprint density at radius 3 is 2.48 bits per heavy atom. The standard InChI is InChI=1S/C31H30N4O.C2H4O2/c32-16-19-5-3-6-20(11-19)17-35-18-26(25-9-1-2-10-29(25)35)30-31(36)34-28-15-24-13-22-8-4-7-21(22)12-23(24)14-27(28)33-30;1-2(3)4/h1-3,5-6,9-11,14-15,18,21-22H,4,7-8,12-13,16-17,32H2,(H,34,36);1H3,(H,3,4). The maximum atomic E-state index is 13.3. The molecule has 2 aliphatic carbocycles. The lowest BCUT2D eigenvalue weighted by Gasteiger charge is -2.28. The molecule has 0 amide bonds. The second-order valence-electron chi connectivity index (χ2n) is 11.1. The van der Waals surface area contributed by atoms with Crippen LogP contribution in [0.4, 0.5) is 0 Å². The zero-order valence-corrected chi connectivity index (χ0v) is 22.7. The number of carboxylic acids is 1. The van der Waals surface area contributed by atoms with Crippen molar-refractivity contribution in [1.82, 2.24) is 14.5 Å². The van der Waals surface area contributed by atoms with Crippen molar-refractivity contribution in [2.75, 3.05) is 0 Å². The van der Waals surface area contributed by atoms with Crippen LogP contribution in [-0.4, -0.2) is 25.6 Å². The Morgan fingerprint density at radius 1 is 1.02 bits per heavy atom. The molecule has 2 aliphatic rings. The average Bonchev–Trinajstić information content (AvgIpc) is 3.54. The van der Waals surface area contributed by atoms with Crippen LogP contribution in [0.1, 0.15) is 48.4 Å². The number of para-hydroxylation sites is 1. The van der Waals surface area contributed by atoms with E-state index in [0.29, 0.717) is 18.8 Å². The Balaban J connectivity index is 0.000000680. The molecule has 1 fully saturated rings. The molecule has 204 valence electrons. The van der Waals surface area contributed by atoms with Gasteiger partial charge in [-0.05, 0) is 78.0 Å². The first-order chi connectivity index (χ1) is 19.4. The molecule has 2 heterocycles. The monoisotopic (exact) mass is 534 g/mol. The van der Waals surface area contributed by atoms with Crippen LogP contribution in [0.2, 0.25) is 0 Å². The highest BCUT2D eigenvalue weighted by Gasteiger charge is 2.32. The maximum Gasteiger partial charge on any atom is 0.300 e. The van der Waals surface area contributed by atoms with Crippen molar-refractivity contribution in [1.29, 1.82) is 0 Å². The van der Waals surface area contributed by atoms with E-state index in [1.807, 2.05) is 24.3 Å². The van der Waals surface area contributed by atoms with E-state index in [1.165, 1.54) is 36.0 Å². The van der Waals surface area contributed by atoms with Gasteiger partial charge < -0.3 is 20.4 Å². The number of aliphatic carboxylic acids is 1. The molecule has 7 rings (SSSR count). The van der Waals surface area contributed by atoms with Crippen molar-refractivity contribution in [2.24, 2.45) is 17.6 Å². The van der Waals surface area contributed by atoms with Crippen molar-refractivity contribution in [3.05, 3.63) is 99.5 Å². The Hall–Kier alpha value is -4.23. The lowest BCUT2D eigenvalue weighted by atomic mass is 9.77. The molecule has 3 aromatic carbocycles. The van der Waals surface area contributed by atoms with E-state index in [0.717, 1.165) is 64.7 Å². The van der Waals surface area contributed by atoms with Crippen LogP contribution < -0.4 is 11.3 Å². The molecule has 2 atom stereocenters. The lowest BCUT2D eigenvalue weighted by molar-refractivity contribution is -0.134. The van der Waals surface area contributed by atoms with Gasteiger partial charge in [0.1, 0.15) is 5.69 Å². The molecule has 2 aromatic heterocycles. The number of benzene rings is 3. The third-order valence-electron chi connectivity index (χ3n) is 8.42. The van der Waals surface area contributed by atoms with Gasteiger partial charge in [0.15, 0.2) is 0 Å². The second-order valence-corrected chi connectivity index (χ2v) is 11.1. The number of aromatic amines is 1. The molecule has 4 N–H and O–H groups in total. The molecule has 7 heteroatoms. The third kappa shape index (κ3) is 5.05. The summed E-state index contributed by atoms with van der Waals surface area (Å²) in [4.78, 5) is 30.5. The molecule has 0 bridgehead atoms. The highest BCUT2D eigenvalue weighted by Crippen LogP contribution is 2.42. The first-order valence-corrected chi connectivity index (χ1v) is 14.0. The van der Waals surface area contributed by atoms with E-state index in [1.54, 1.807) is 0 Å². The molecule has 5 aromatic rings. The minimum atomic E-state index is -0.833. The number of nitrogens with one attached hydrogen (secondary N) is 1. The van der Waals surface area contributed by atoms with E-state index in [4.69, 9.17) is 20.6 Å². The van der Waals surface area contributed by atoms with Gasteiger partial charge in [-0.15, -0.1) is 0 Å². The molecule has 1 saturated carbocycles. The van der Waals surface area contributed by atoms with Gasteiger partial charge in [0.05, 0.1) is 11.0 Å². The first-order valence-electron chi connectivity index (χ1n) is 14.0. The molecule has 2 unspecified atom stereocenters. The van der Waals surface area contributed by atoms with Gasteiger partial charge in [-0.25, -0.2) is 4.98 Å². The SMILES string of the molecule is CC(=O)O.NCc1cccc(Cn2cc(-c3nc4cc5c(cc4[nH]c3=O)CC3CCCC3C5)c3ccccc32)c1. The Kier molecular flexibility index (Phi) is 6.98. The molecule has 7 nitrogen and oxygen atoms in total. The summed E-state index contributed by atoms with van der Waals surface area (Å²) in [7, 11) is 0. The number of hydrogen-bond donors (Lipinski definition) is 3. The van der Waals surface area contributed by atoms with Gasteiger partial charge in [-0.2, -0.15) is 0 Å². The second kappa shape index (κ2) is 10.7. The topological polar surface area (TPSA) is 114 Å². The number of fused-ring (bicyclic) bond motifs is 4. The number of H-pyrrole nitrogens is 1. The maximum absolute atomic E-state index is 13.3. The Morgan fingerprint density at radius 2 is 1.73 bits per heavy atom. The van der Waals surface area contributed by atoms with Crippen LogP contribution in [-0.2, 0) is 30.7 Å². The van der Waals surface area contributed by atoms with E-state index in [2.05, 4.69) is 52.1 Å². The predicted octanol–water partition coefficient (Wildman–Crippen LogP) is 5.66. The van der Waals surface area contributed by atoms with Crippen molar-refractivity contribution >= 4 is 27.9 Å². The van der Waals surface area contributed by atoms with Crippen LogP contribution in [0.3, 0.4) is 0 Å². The summed E-state index contributed by atoms with van der Waals surface area (Å²) in [6.45, 7) is 2.31. The number of carboxylic acid groups (broad SMARTS) is 1.